The first-order valence-corrected chi connectivity index (χ1v) is 8.61. The minimum absolute atomic E-state index is 0.169. The first-order valence-electron chi connectivity index (χ1n) is 6.81. The average Bonchev–Trinajstić information content (AvgIpc) is 2.81. The van der Waals surface area contributed by atoms with Gasteiger partial charge in [-0.25, -0.2) is 9.97 Å². The Morgan fingerprint density at radius 2 is 2.27 bits per heavy atom. The second-order valence-electron chi connectivity index (χ2n) is 5.67. The highest BCUT2D eigenvalue weighted by molar-refractivity contribution is 7.99. The van der Waals surface area contributed by atoms with E-state index in [-0.39, 0.29) is 17.3 Å². The molecule has 0 saturated heterocycles. The summed E-state index contributed by atoms with van der Waals surface area (Å²) in [5.41, 5.74) is 7.13. The summed E-state index contributed by atoms with van der Waals surface area (Å²) >= 11 is 2.81. The summed E-state index contributed by atoms with van der Waals surface area (Å²) in [7, 11) is 1.36. The number of hydrogen-bond donors (Lipinski definition) is 1. The molecule has 2 aromatic rings. The highest BCUT2D eigenvalue weighted by atomic mass is 32.2. The maximum atomic E-state index is 11.2. The first kappa shape index (κ1) is 15.5. The molecule has 3 heterocycles. The smallest absolute Gasteiger partial charge is 0.316 e. The fraction of sp³-hybridized carbons (Fsp3) is 0.500. The van der Waals surface area contributed by atoms with Crippen LogP contribution in [0.5, 0.6) is 0 Å². The van der Waals surface area contributed by atoms with Gasteiger partial charge in [-0.15, -0.1) is 11.3 Å². The van der Waals surface area contributed by atoms with Crippen molar-refractivity contribution in [2.24, 2.45) is 0 Å². The molecule has 0 saturated carbocycles. The molecule has 8 heteroatoms. The van der Waals surface area contributed by atoms with Crippen molar-refractivity contribution in [1.82, 2.24) is 9.97 Å². The molecular weight excluding hydrogens is 322 g/mol. The van der Waals surface area contributed by atoms with Crippen molar-refractivity contribution in [2.75, 3.05) is 18.6 Å². The lowest BCUT2D eigenvalue weighted by atomic mass is 9.94. The van der Waals surface area contributed by atoms with E-state index >= 15 is 0 Å². The van der Waals surface area contributed by atoms with Gasteiger partial charge in [-0.3, -0.25) is 4.79 Å². The Morgan fingerprint density at radius 3 is 3.00 bits per heavy atom. The van der Waals surface area contributed by atoms with Crippen LogP contribution < -0.4 is 5.73 Å². The Balaban J connectivity index is 1.97. The monoisotopic (exact) mass is 339 g/mol. The van der Waals surface area contributed by atoms with Crippen molar-refractivity contribution in [3.8, 4) is 0 Å². The third-order valence-electron chi connectivity index (χ3n) is 3.48. The van der Waals surface area contributed by atoms with E-state index < -0.39 is 0 Å². The van der Waals surface area contributed by atoms with Crippen LogP contribution in [0.15, 0.2) is 5.16 Å². The summed E-state index contributed by atoms with van der Waals surface area (Å²) in [6, 6.07) is 0. The number of carbonyl (C=O) groups excluding carboxylic acids is 1. The highest BCUT2D eigenvalue weighted by Crippen LogP contribution is 2.40. The van der Waals surface area contributed by atoms with E-state index in [1.165, 1.54) is 24.4 Å². The number of aromatic nitrogens is 2. The fourth-order valence-corrected chi connectivity index (χ4v) is 4.25. The quantitative estimate of drug-likeness (QED) is 0.522. The van der Waals surface area contributed by atoms with Gasteiger partial charge in [-0.2, -0.15) is 0 Å². The van der Waals surface area contributed by atoms with E-state index in [2.05, 4.69) is 28.6 Å². The highest BCUT2D eigenvalue weighted by Gasteiger charge is 2.30. The van der Waals surface area contributed by atoms with Crippen LogP contribution in [0.2, 0.25) is 0 Å². The zero-order valence-electron chi connectivity index (χ0n) is 12.6. The van der Waals surface area contributed by atoms with Crippen LogP contribution in [0.3, 0.4) is 0 Å². The number of nitrogen functional groups attached to an aromatic ring is 1. The second kappa shape index (κ2) is 5.68. The number of thiophene rings is 1. The molecule has 6 nitrogen and oxygen atoms in total. The molecule has 0 unspecified atom stereocenters. The number of ether oxygens (including phenoxy) is 2. The van der Waals surface area contributed by atoms with Crippen molar-refractivity contribution >= 4 is 45.1 Å². The van der Waals surface area contributed by atoms with Gasteiger partial charge in [0.1, 0.15) is 10.6 Å². The van der Waals surface area contributed by atoms with E-state index in [0.717, 1.165) is 21.5 Å². The summed E-state index contributed by atoms with van der Waals surface area (Å²) in [6.45, 7) is 4.71. The van der Waals surface area contributed by atoms with E-state index in [1.807, 2.05) is 0 Å². The third-order valence-corrected chi connectivity index (χ3v) is 5.41. The first-order chi connectivity index (χ1) is 10.4. The van der Waals surface area contributed by atoms with Crippen LogP contribution in [0.1, 0.15) is 24.3 Å². The molecular formula is C14H17N3O3S2. The molecule has 0 fully saturated rings. The van der Waals surface area contributed by atoms with E-state index in [1.54, 1.807) is 11.3 Å². The molecule has 2 N–H and O–H groups in total. The summed E-state index contributed by atoms with van der Waals surface area (Å²) in [6.07, 6.45) is 0.796. The summed E-state index contributed by atoms with van der Waals surface area (Å²) in [5.74, 6) is 0.323. The lowest BCUT2D eigenvalue weighted by Crippen LogP contribution is -2.31. The number of esters is 1. The molecule has 1 aliphatic rings. The summed E-state index contributed by atoms with van der Waals surface area (Å²) in [5, 5.41) is 1.42. The molecule has 3 rings (SSSR count). The van der Waals surface area contributed by atoms with Crippen molar-refractivity contribution in [3.63, 3.8) is 0 Å². The number of hydrogen-bond acceptors (Lipinski definition) is 8. The molecule has 2 aromatic heterocycles. The molecule has 118 valence electrons. The molecule has 0 spiro atoms. The number of nitrogens with zero attached hydrogens (tertiary/aromatic N) is 2. The Kier molecular flexibility index (Phi) is 4.00. The van der Waals surface area contributed by atoms with Crippen LogP contribution in [-0.4, -0.2) is 34.4 Å². The lowest BCUT2D eigenvalue weighted by Gasteiger charge is -2.30. The van der Waals surface area contributed by atoms with Gasteiger partial charge in [0.25, 0.3) is 0 Å². The van der Waals surface area contributed by atoms with Gasteiger partial charge >= 0.3 is 5.97 Å². The molecule has 0 radical (unpaired) electrons. The Bertz CT molecular complexity index is 742. The largest absolute Gasteiger partial charge is 0.468 e. The number of rotatable bonds is 3. The normalized spacial score (nSPS) is 16.5. The fourth-order valence-electron chi connectivity index (χ4n) is 2.40. The number of carbonyl (C=O) groups is 1. The van der Waals surface area contributed by atoms with Crippen molar-refractivity contribution in [2.45, 2.75) is 37.6 Å². The lowest BCUT2D eigenvalue weighted by molar-refractivity contribution is -0.137. The van der Waals surface area contributed by atoms with Crippen LogP contribution in [0.25, 0.3) is 10.2 Å². The van der Waals surface area contributed by atoms with Gasteiger partial charge < -0.3 is 15.2 Å². The topological polar surface area (TPSA) is 87.3 Å². The second-order valence-corrected chi connectivity index (χ2v) is 7.69. The molecule has 0 aromatic carbocycles. The average molecular weight is 339 g/mol. The molecule has 0 aliphatic carbocycles. The molecule has 1 aliphatic heterocycles. The van der Waals surface area contributed by atoms with E-state index in [0.29, 0.717) is 17.6 Å². The summed E-state index contributed by atoms with van der Waals surface area (Å²) in [4.78, 5) is 22.1. The minimum Gasteiger partial charge on any atom is -0.468 e. The molecule has 0 atom stereocenters. The standard InChI is InChI=1S/C14H17N3O3S2/c1-14(2)4-7-8(5-20-14)22-12-10(7)11(15)16-13(17-12)21-6-9(18)19-3/h4-6H2,1-3H3,(H2,15,16,17). The Hall–Kier alpha value is -1.38. The molecule has 0 bridgehead atoms. The van der Waals surface area contributed by atoms with Crippen molar-refractivity contribution in [1.29, 1.82) is 0 Å². The van der Waals surface area contributed by atoms with Gasteiger partial charge in [-0.1, -0.05) is 11.8 Å². The van der Waals surface area contributed by atoms with Crippen LogP contribution in [-0.2, 0) is 27.3 Å². The van der Waals surface area contributed by atoms with Gasteiger partial charge in [0.2, 0.25) is 0 Å². The zero-order valence-corrected chi connectivity index (χ0v) is 14.3. The van der Waals surface area contributed by atoms with Gasteiger partial charge in [0.05, 0.1) is 30.5 Å². The van der Waals surface area contributed by atoms with Crippen LogP contribution >= 0.6 is 23.1 Å². The van der Waals surface area contributed by atoms with Gasteiger partial charge in [0.15, 0.2) is 5.16 Å². The maximum absolute atomic E-state index is 11.2. The number of nitrogens with two attached hydrogens (primary N) is 1. The van der Waals surface area contributed by atoms with E-state index in [9.17, 15) is 4.79 Å². The van der Waals surface area contributed by atoms with Crippen molar-refractivity contribution < 1.29 is 14.3 Å². The molecule has 22 heavy (non-hydrogen) atoms. The van der Waals surface area contributed by atoms with E-state index in [4.69, 9.17) is 10.5 Å². The van der Waals surface area contributed by atoms with Crippen LogP contribution in [0.4, 0.5) is 5.82 Å². The third kappa shape index (κ3) is 2.90. The van der Waals surface area contributed by atoms with Gasteiger partial charge in [0, 0.05) is 11.3 Å². The predicted molar refractivity (Wildman–Crippen MR) is 87.1 cm³/mol. The number of fused-ring (bicyclic) bond motifs is 3. The van der Waals surface area contributed by atoms with Crippen LogP contribution in [0, 0.1) is 0 Å². The Morgan fingerprint density at radius 1 is 1.50 bits per heavy atom. The van der Waals surface area contributed by atoms with Crippen molar-refractivity contribution in [3.05, 3.63) is 10.4 Å². The number of anilines is 1. The Labute approximate surface area is 136 Å². The maximum Gasteiger partial charge on any atom is 0.316 e. The zero-order chi connectivity index (χ0) is 15.9. The minimum atomic E-state index is -0.312. The SMILES string of the molecule is COC(=O)CSc1nc(N)c2c3c(sc2n1)COC(C)(C)C3. The predicted octanol–water partition coefficient (Wildman–Crippen LogP) is 2.39. The number of methoxy groups -OCH3 is 1. The molecule has 0 amide bonds. The summed E-state index contributed by atoms with van der Waals surface area (Å²) < 4.78 is 10.5. The van der Waals surface area contributed by atoms with Gasteiger partial charge in [-0.05, 0) is 19.4 Å². The number of thioether (sulfide) groups is 1.